The first-order valence-corrected chi connectivity index (χ1v) is 10.8. The summed E-state index contributed by atoms with van der Waals surface area (Å²) in [4.78, 5) is 27.3. The molecule has 0 N–H and O–H groups in total. The van der Waals surface area contributed by atoms with E-state index in [2.05, 4.69) is 19.1 Å². The lowest BCUT2D eigenvalue weighted by Gasteiger charge is -2.40. The van der Waals surface area contributed by atoms with Crippen LogP contribution in [0.4, 0.5) is 10.5 Å². The molecule has 3 atom stereocenters. The van der Waals surface area contributed by atoms with Crippen LogP contribution < -0.4 is 9.64 Å². The summed E-state index contributed by atoms with van der Waals surface area (Å²) >= 11 is 0. The molecule has 5 nitrogen and oxygen atoms in total. The van der Waals surface area contributed by atoms with Gasteiger partial charge in [-0.1, -0.05) is 56.3 Å². The van der Waals surface area contributed by atoms with E-state index in [1.807, 2.05) is 49.4 Å². The number of allylic oxidation sites excluding steroid dienone is 2. The Morgan fingerprint density at radius 2 is 1.71 bits per heavy atom. The summed E-state index contributed by atoms with van der Waals surface area (Å²) in [6, 6.07) is 13.7. The Hall–Kier alpha value is -3.08. The van der Waals surface area contributed by atoms with E-state index in [0.717, 1.165) is 22.4 Å². The Morgan fingerprint density at radius 3 is 2.39 bits per heavy atom. The Balaban J connectivity index is 1.77. The number of anilines is 1. The summed E-state index contributed by atoms with van der Waals surface area (Å²) in [5.74, 6) is 0.197. The molecule has 0 bridgehead atoms. The van der Waals surface area contributed by atoms with Crippen LogP contribution in [0.2, 0.25) is 0 Å². The summed E-state index contributed by atoms with van der Waals surface area (Å²) in [6.07, 6.45) is 3.58. The molecule has 0 spiro atoms. The van der Waals surface area contributed by atoms with Crippen molar-refractivity contribution in [1.82, 2.24) is 0 Å². The number of nitrogens with zero attached hydrogens (tertiary/aromatic N) is 1. The largest absolute Gasteiger partial charge is 0.489 e. The lowest BCUT2D eigenvalue weighted by Crippen LogP contribution is -2.48. The third kappa shape index (κ3) is 3.97. The molecule has 2 aromatic carbocycles. The smallest absolute Gasteiger partial charge is 0.421 e. The van der Waals surface area contributed by atoms with Crippen LogP contribution in [0.5, 0.6) is 5.75 Å². The average Bonchev–Trinajstić information content (AvgIpc) is 2.71. The SMILES string of the molecule is C[C@@H]1C=C[C@H]2c3c(ccc(OCc4ccccc4)c31)N(C(=O)OC(C)(C)C)C(=O)[C@@H]2C. The van der Waals surface area contributed by atoms with Gasteiger partial charge in [0, 0.05) is 23.3 Å². The summed E-state index contributed by atoms with van der Waals surface area (Å²) in [5, 5.41) is 0. The quantitative estimate of drug-likeness (QED) is 0.578. The van der Waals surface area contributed by atoms with Gasteiger partial charge in [-0.05, 0) is 44.0 Å². The van der Waals surface area contributed by atoms with Gasteiger partial charge in [0.2, 0.25) is 5.91 Å². The highest BCUT2D eigenvalue weighted by Gasteiger charge is 2.44. The summed E-state index contributed by atoms with van der Waals surface area (Å²) in [7, 11) is 0. The predicted molar refractivity (Wildman–Crippen MR) is 120 cm³/mol. The molecule has 0 saturated heterocycles. The van der Waals surface area contributed by atoms with Crippen LogP contribution in [0.15, 0.2) is 54.6 Å². The molecule has 2 aliphatic rings. The van der Waals surface area contributed by atoms with Crippen molar-refractivity contribution in [2.24, 2.45) is 5.92 Å². The van der Waals surface area contributed by atoms with E-state index in [9.17, 15) is 9.59 Å². The molecule has 1 aliphatic heterocycles. The van der Waals surface area contributed by atoms with Crippen LogP contribution >= 0.6 is 0 Å². The van der Waals surface area contributed by atoms with Crippen molar-refractivity contribution in [2.45, 2.75) is 58.7 Å². The van der Waals surface area contributed by atoms with Gasteiger partial charge in [0.1, 0.15) is 18.0 Å². The average molecular weight is 420 g/mol. The number of benzene rings is 2. The molecule has 4 rings (SSSR count). The molecule has 0 aromatic heterocycles. The van der Waals surface area contributed by atoms with Crippen molar-refractivity contribution in [1.29, 1.82) is 0 Å². The Morgan fingerprint density at radius 1 is 1.00 bits per heavy atom. The third-order valence-corrected chi connectivity index (χ3v) is 5.82. The number of imide groups is 1. The Bertz CT molecular complexity index is 1040. The number of carbonyl (C=O) groups excluding carboxylic acids is 2. The summed E-state index contributed by atoms with van der Waals surface area (Å²) in [5.41, 5.74) is 3.01. The second-order valence-electron chi connectivity index (χ2n) is 9.33. The van der Waals surface area contributed by atoms with Crippen LogP contribution in [0.1, 0.15) is 63.1 Å². The van der Waals surface area contributed by atoms with Crippen LogP contribution in [0.3, 0.4) is 0 Å². The first-order chi connectivity index (χ1) is 14.7. The molecule has 0 radical (unpaired) electrons. The zero-order valence-electron chi connectivity index (χ0n) is 18.7. The van der Waals surface area contributed by atoms with Crippen molar-refractivity contribution in [3.05, 3.63) is 71.3 Å². The predicted octanol–water partition coefficient (Wildman–Crippen LogP) is 5.94. The highest BCUT2D eigenvalue weighted by molar-refractivity contribution is 6.15. The minimum Gasteiger partial charge on any atom is -0.489 e. The molecule has 0 saturated carbocycles. The van der Waals surface area contributed by atoms with E-state index in [1.165, 1.54) is 4.90 Å². The van der Waals surface area contributed by atoms with Crippen LogP contribution in [0.25, 0.3) is 0 Å². The summed E-state index contributed by atoms with van der Waals surface area (Å²) in [6.45, 7) is 9.83. The lowest BCUT2D eigenvalue weighted by molar-refractivity contribution is -0.122. The maximum atomic E-state index is 13.2. The molecular weight excluding hydrogens is 390 g/mol. The van der Waals surface area contributed by atoms with Crippen LogP contribution in [-0.2, 0) is 16.1 Å². The maximum Gasteiger partial charge on any atom is 0.421 e. The van der Waals surface area contributed by atoms with Gasteiger partial charge < -0.3 is 9.47 Å². The maximum absolute atomic E-state index is 13.2. The molecule has 2 aromatic rings. The molecule has 1 aliphatic carbocycles. The van der Waals surface area contributed by atoms with Gasteiger partial charge >= 0.3 is 6.09 Å². The van der Waals surface area contributed by atoms with Crippen LogP contribution in [0, 0.1) is 5.92 Å². The van der Waals surface area contributed by atoms with Gasteiger partial charge in [-0.2, -0.15) is 0 Å². The number of ether oxygens (including phenoxy) is 2. The first kappa shape index (κ1) is 21.2. The van der Waals surface area contributed by atoms with Gasteiger partial charge in [-0.25, -0.2) is 9.69 Å². The van der Waals surface area contributed by atoms with E-state index in [0.29, 0.717) is 12.3 Å². The summed E-state index contributed by atoms with van der Waals surface area (Å²) < 4.78 is 11.8. The highest BCUT2D eigenvalue weighted by Crippen LogP contribution is 2.50. The molecule has 5 heteroatoms. The van der Waals surface area contributed by atoms with Crippen molar-refractivity contribution in [2.75, 3.05) is 4.90 Å². The van der Waals surface area contributed by atoms with E-state index in [1.54, 1.807) is 20.8 Å². The van der Waals surface area contributed by atoms with E-state index in [4.69, 9.17) is 9.47 Å². The molecule has 162 valence electrons. The third-order valence-electron chi connectivity index (χ3n) is 5.82. The van der Waals surface area contributed by atoms with Crippen molar-refractivity contribution < 1.29 is 19.1 Å². The minimum atomic E-state index is -0.691. The second kappa shape index (κ2) is 7.88. The van der Waals surface area contributed by atoms with Gasteiger partial charge in [-0.3, -0.25) is 4.79 Å². The minimum absolute atomic E-state index is 0.0901. The monoisotopic (exact) mass is 419 g/mol. The Labute approximate surface area is 183 Å². The molecule has 31 heavy (non-hydrogen) atoms. The normalized spacial score (nSPS) is 22.2. The van der Waals surface area contributed by atoms with Gasteiger partial charge in [0.25, 0.3) is 0 Å². The molecular formula is C26H29NO4. The van der Waals surface area contributed by atoms with E-state index in [-0.39, 0.29) is 23.7 Å². The fourth-order valence-electron chi connectivity index (χ4n) is 4.35. The molecule has 0 unspecified atom stereocenters. The van der Waals surface area contributed by atoms with Gasteiger partial charge in [-0.15, -0.1) is 0 Å². The zero-order chi connectivity index (χ0) is 22.3. The fraction of sp³-hybridized carbons (Fsp3) is 0.385. The van der Waals surface area contributed by atoms with E-state index < -0.39 is 11.7 Å². The molecule has 0 fully saturated rings. The first-order valence-electron chi connectivity index (χ1n) is 10.8. The fourth-order valence-corrected chi connectivity index (χ4v) is 4.35. The van der Waals surface area contributed by atoms with Crippen molar-refractivity contribution >= 4 is 17.7 Å². The lowest BCUT2D eigenvalue weighted by atomic mass is 9.73. The zero-order valence-corrected chi connectivity index (χ0v) is 18.7. The van der Waals surface area contributed by atoms with Crippen molar-refractivity contribution in [3.8, 4) is 5.75 Å². The molecule has 2 amide bonds. The Kier molecular flexibility index (Phi) is 5.38. The number of hydrogen-bond donors (Lipinski definition) is 0. The standard InChI is InChI=1S/C26H29NO4/c1-16-11-12-19-17(2)24(28)27(25(29)31-26(3,4)5)20-13-14-21(22(16)23(19)20)30-15-18-9-7-6-8-10-18/h6-14,16-17,19H,15H2,1-5H3/t16-,17-,19-/m1/s1. The second-order valence-corrected chi connectivity index (χ2v) is 9.33. The topological polar surface area (TPSA) is 55.8 Å². The number of rotatable bonds is 3. The van der Waals surface area contributed by atoms with E-state index >= 15 is 0 Å². The van der Waals surface area contributed by atoms with Crippen LogP contribution in [-0.4, -0.2) is 17.6 Å². The number of amides is 2. The molecule has 1 heterocycles. The van der Waals surface area contributed by atoms with Gasteiger partial charge in [0.15, 0.2) is 0 Å². The number of hydrogen-bond acceptors (Lipinski definition) is 4. The highest BCUT2D eigenvalue weighted by atomic mass is 16.6. The van der Waals surface area contributed by atoms with Gasteiger partial charge in [0.05, 0.1) is 5.69 Å². The number of carbonyl (C=O) groups is 2. The van der Waals surface area contributed by atoms with Crippen molar-refractivity contribution in [3.63, 3.8) is 0 Å².